The number of benzene rings is 2. The SMILES string of the molecule is CSc1sc(C(=O)c2ccc(C)cc2)cc1C(=O)c1ccccc1. The highest BCUT2D eigenvalue weighted by molar-refractivity contribution is 8.00. The first-order valence-corrected chi connectivity index (χ1v) is 9.53. The third-order valence-electron chi connectivity index (χ3n) is 3.70. The van der Waals surface area contributed by atoms with E-state index < -0.39 is 0 Å². The lowest BCUT2D eigenvalue weighted by molar-refractivity contribution is 0.103. The largest absolute Gasteiger partial charge is 0.289 e. The number of carbonyl (C=O) groups excluding carboxylic acids is 2. The zero-order valence-corrected chi connectivity index (χ0v) is 15.0. The van der Waals surface area contributed by atoms with Crippen LogP contribution in [0.1, 0.15) is 36.7 Å². The number of aryl methyl sites for hydroxylation is 1. The van der Waals surface area contributed by atoms with Crippen LogP contribution in [0.25, 0.3) is 0 Å². The van der Waals surface area contributed by atoms with Gasteiger partial charge in [0.15, 0.2) is 5.78 Å². The first-order valence-electron chi connectivity index (χ1n) is 7.49. The van der Waals surface area contributed by atoms with Crippen molar-refractivity contribution in [2.75, 3.05) is 6.26 Å². The fourth-order valence-electron chi connectivity index (χ4n) is 2.39. The number of ketones is 2. The summed E-state index contributed by atoms with van der Waals surface area (Å²) in [6.07, 6.45) is 1.92. The fourth-order valence-corrected chi connectivity index (χ4v) is 4.21. The summed E-state index contributed by atoms with van der Waals surface area (Å²) in [5.41, 5.74) is 3.00. The minimum Gasteiger partial charge on any atom is -0.289 e. The monoisotopic (exact) mass is 352 g/mol. The second kappa shape index (κ2) is 7.16. The van der Waals surface area contributed by atoms with Crippen LogP contribution in [0.4, 0.5) is 0 Å². The second-order valence-electron chi connectivity index (χ2n) is 5.41. The fraction of sp³-hybridized carbons (Fsp3) is 0.100. The van der Waals surface area contributed by atoms with Crippen molar-refractivity contribution in [2.45, 2.75) is 11.1 Å². The van der Waals surface area contributed by atoms with E-state index in [4.69, 9.17) is 0 Å². The van der Waals surface area contributed by atoms with Crippen molar-refractivity contribution in [1.82, 2.24) is 0 Å². The topological polar surface area (TPSA) is 34.1 Å². The van der Waals surface area contributed by atoms with Gasteiger partial charge in [-0.2, -0.15) is 0 Å². The lowest BCUT2D eigenvalue weighted by Gasteiger charge is -2.00. The van der Waals surface area contributed by atoms with Gasteiger partial charge < -0.3 is 0 Å². The van der Waals surface area contributed by atoms with Crippen LogP contribution >= 0.6 is 23.1 Å². The molecule has 2 aromatic carbocycles. The highest BCUT2D eigenvalue weighted by Crippen LogP contribution is 2.33. The van der Waals surface area contributed by atoms with E-state index in [1.54, 1.807) is 18.2 Å². The van der Waals surface area contributed by atoms with E-state index in [-0.39, 0.29) is 11.6 Å². The highest BCUT2D eigenvalue weighted by atomic mass is 32.2. The van der Waals surface area contributed by atoms with Crippen LogP contribution in [0.5, 0.6) is 0 Å². The van der Waals surface area contributed by atoms with Crippen molar-refractivity contribution < 1.29 is 9.59 Å². The van der Waals surface area contributed by atoms with Crippen LogP contribution in [-0.4, -0.2) is 17.8 Å². The lowest BCUT2D eigenvalue weighted by atomic mass is 10.0. The van der Waals surface area contributed by atoms with Crippen molar-refractivity contribution in [2.24, 2.45) is 0 Å². The molecule has 1 heterocycles. The van der Waals surface area contributed by atoms with Crippen molar-refractivity contribution in [1.29, 1.82) is 0 Å². The number of rotatable bonds is 5. The average molecular weight is 352 g/mol. The predicted octanol–water partition coefficient (Wildman–Crippen LogP) is 5.24. The predicted molar refractivity (Wildman–Crippen MR) is 101 cm³/mol. The maximum absolute atomic E-state index is 12.7. The van der Waals surface area contributed by atoms with Crippen LogP contribution in [0, 0.1) is 6.92 Å². The van der Waals surface area contributed by atoms with Crippen molar-refractivity contribution >= 4 is 34.7 Å². The maximum Gasteiger partial charge on any atom is 0.203 e. The van der Waals surface area contributed by atoms with Gasteiger partial charge in [0, 0.05) is 16.7 Å². The second-order valence-corrected chi connectivity index (χ2v) is 7.53. The summed E-state index contributed by atoms with van der Waals surface area (Å²) in [5, 5.41) is 0. The Morgan fingerprint density at radius 1 is 0.875 bits per heavy atom. The van der Waals surface area contributed by atoms with Crippen molar-refractivity contribution in [3.05, 3.63) is 87.8 Å². The zero-order valence-electron chi connectivity index (χ0n) is 13.4. The molecule has 0 atom stereocenters. The maximum atomic E-state index is 12.7. The van der Waals surface area contributed by atoms with Crippen LogP contribution in [0.15, 0.2) is 64.9 Å². The molecule has 0 saturated heterocycles. The van der Waals surface area contributed by atoms with E-state index in [1.165, 1.54) is 23.1 Å². The first kappa shape index (κ1) is 16.7. The Labute approximate surface area is 149 Å². The first-order chi connectivity index (χ1) is 11.6. The molecule has 120 valence electrons. The molecule has 3 rings (SSSR count). The van der Waals surface area contributed by atoms with Crippen molar-refractivity contribution in [3.8, 4) is 0 Å². The van der Waals surface area contributed by atoms with Gasteiger partial charge in [-0.3, -0.25) is 9.59 Å². The van der Waals surface area contributed by atoms with Crippen LogP contribution in [0.3, 0.4) is 0 Å². The third kappa shape index (κ3) is 3.35. The number of carbonyl (C=O) groups is 2. The summed E-state index contributed by atoms with van der Waals surface area (Å²) in [7, 11) is 0. The van der Waals surface area contributed by atoms with E-state index in [1.807, 2.05) is 55.6 Å². The molecule has 0 amide bonds. The van der Waals surface area contributed by atoms with Gasteiger partial charge >= 0.3 is 0 Å². The van der Waals surface area contributed by atoms with Crippen LogP contribution in [0.2, 0.25) is 0 Å². The molecule has 3 aromatic rings. The van der Waals surface area contributed by atoms with Crippen LogP contribution < -0.4 is 0 Å². The molecule has 2 nitrogen and oxygen atoms in total. The minimum absolute atomic E-state index is 0.0394. The van der Waals surface area contributed by atoms with Gasteiger partial charge in [-0.15, -0.1) is 23.1 Å². The molecule has 0 bridgehead atoms. The zero-order chi connectivity index (χ0) is 17.1. The number of hydrogen-bond acceptors (Lipinski definition) is 4. The van der Waals surface area contributed by atoms with E-state index in [9.17, 15) is 9.59 Å². The van der Waals surface area contributed by atoms with Gasteiger partial charge in [0.1, 0.15) is 0 Å². The Kier molecular flexibility index (Phi) is 4.97. The summed E-state index contributed by atoms with van der Waals surface area (Å²) in [4.78, 5) is 26.0. The third-order valence-corrected chi connectivity index (χ3v) is 5.97. The molecule has 0 saturated carbocycles. The molecule has 0 N–H and O–H groups in total. The average Bonchev–Trinajstić information content (AvgIpc) is 3.06. The molecule has 0 unspecified atom stereocenters. The summed E-state index contributed by atoms with van der Waals surface area (Å²) < 4.78 is 0.874. The molecule has 0 fully saturated rings. The van der Waals surface area contributed by atoms with Gasteiger partial charge in [-0.25, -0.2) is 0 Å². The van der Waals surface area contributed by atoms with E-state index in [0.717, 1.165) is 9.77 Å². The van der Waals surface area contributed by atoms with Crippen LogP contribution in [-0.2, 0) is 0 Å². The van der Waals surface area contributed by atoms with Crippen molar-refractivity contribution in [3.63, 3.8) is 0 Å². The van der Waals surface area contributed by atoms with Gasteiger partial charge in [0.05, 0.1) is 9.09 Å². The van der Waals surface area contributed by atoms with Gasteiger partial charge in [-0.1, -0.05) is 60.2 Å². The number of hydrogen-bond donors (Lipinski definition) is 0. The Morgan fingerprint density at radius 3 is 2.12 bits per heavy atom. The smallest absolute Gasteiger partial charge is 0.203 e. The molecule has 1 aromatic heterocycles. The minimum atomic E-state index is -0.0424. The highest BCUT2D eigenvalue weighted by Gasteiger charge is 2.21. The molecule has 0 spiro atoms. The van der Waals surface area contributed by atoms with Gasteiger partial charge in [-0.05, 0) is 19.2 Å². The molecule has 24 heavy (non-hydrogen) atoms. The Morgan fingerprint density at radius 2 is 1.50 bits per heavy atom. The Bertz CT molecular complexity index is 878. The number of thiophene rings is 1. The Hall–Kier alpha value is -2.17. The van der Waals surface area contributed by atoms with Gasteiger partial charge in [0.25, 0.3) is 0 Å². The Balaban J connectivity index is 1.97. The lowest BCUT2D eigenvalue weighted by Crippen LogP contribution is -2.01. The molecule has 4 heteroatoms. The van der Waals surface area contributed by atoms with Gasteiger partial charge in [0.2, 0.25) is 5.78 Å². The summed E-state index contributed by atoms with van der Waals surface area (Å²) in [5.74, 6) is -0.0819. The quantitative estimate of drug-likeness (QED) is 0.465. The van der Waals surface area contributed by atoms with E-state index >= 15 is 0 Å². The standard InChI is InChI=1S/C20H16O2S2/c1-13-8-10-15(11-9-13)19(22)17-12-16(20(23-2)24-17)18(21)14-6-4-3-5-7-14/h3-12H,1-2H3. The molecule has 0 aliphatic carbocycles. The summed E-state index contributed by atoms with van der Waals surface area (Å²) in [6, 6.07) is 18.4. The molecule has 0 radical (unpaired) electrons. The normalized spacial score (nSPS) is 10.6. The molecular formula is C20H16O2S2. The van der Waals surface area contributed by atoms with E-state index in [2.05, 4.69) is 0 Å². The summed E-state index contributed by atoms with van der Waals surface area (Å²) >= 11 is 2.88. The van der Waals surface area contributed by atoms with E-state index in [0.29, 0.717) is 21.6 Å². The molecular weight excluding hydrogens is 336 g/mol. The molecule has 0 aliphatic heterocycles. The summed E-state index contributed by atoms with van der Waals surface area (Å²) in [6.45, 7) is 1.99. The number of thioether (sulfide) groups is 1. The molecule has 0 aliphatic rings.